The minimum Gasteiger partial charge on any atom is -0.399 e. The quantitative estimate of drug-likeness (QED) is 0.773. The summed E-state index contributed by atoms with van der Waals surface area (Å²) < 4.78 is 28.7. The van der Waals surface area contributed by atoms with Crippen LogP contribution in [0.1, 0.15) is 12.3 Å². The van der Waals surface area contributed by atoms with E-state index in [-0.39, 0.29) is 5.82 Å². The predicted octanol–water partition coefficient (Wildman–Crippen LogP) is 2.26. The first-order valence-electron chi connectivity index (χ1n) is 4.14. The van der Waals surface area contributed by atoms with Crippen molar-refractivity contribution in [1.82, 2.24) is 10.1 Å². The largest absolute Gasteiger partial charge is 0.399 e. The van der Waals surface area contributed by atoms with Crippen LogP contribution in [0.3, 0.4) is 0 Å². The fraction of sp³-hybridized carbons (Fsp3) is 0.111. The topological polar surface area (TPSA) is 64.9 Å². The number of hydrogen-bond acceptors (Lipinski definition) is 4. The molecule has 0 saturated carbocycles. The maximum atomic E-state index is 12.2. The minimum absolute atomic E-state index is 0.109. The number of halogens is 2. The van der Waals surface area contributed by atoms with Crippen molar-refractivity contribution in [2.75, 3.05) is 5.73 Å². The Morgan fingerprint density at radius 2 is 2.13 bits per heavy atom. The Balaban J connectivity index is 2.37. The zero-order valence-corrected chi connectivity index (χ0v) is 7.52. The molecule has 4 nitrogen and oxygen atoms in total. The number of benzene rings is 1. The molecule has 0 atom stereocenters. The molecule has 15 heavy (non-hydrogen) atoms. The Kier molecular flexibility index (Phi) is 2.32. The van der Waals surface area contributed by atoms with E-state index in [1.54, 1.807) is 24.3 Å². The van der Waals surface area contributed by atoms with Gasteiger partial charge in [0.25, 0.3) is 5.89 Å². The number of nitrogen functional groups attached to an aromatic ring is 1. The molecule has 1 aromatic carbocycles. The molecule has 2 aromatic rings. The standard InChI is InChI=1S/C9H7F2N3O/c10-7(11)9-13-8(14-15-9)5-2-1-3-6(12)4-5/h1-4,7H,12H2. The van der Waals surface area contributed by atoms with Gasteiger partial charge in [-0.1, -0.05) is 17.3 Å². The molecule has 0 aliphatic carbocycles. The Hall–Kier alpha value is -1.98. The number of nitrogens with zero attached hydrogens (tertiary/aromatic N) is 2. The van der Waals surface area contributed by atoms with Crippen LogP contribution in [0.2, 0.25) is 0 Å². The molecule has 0 bridgehead atoms. The van der Waals surface area contributed by atoms with E-state index in [9.17, 15) is 8.78 Å². The van der Waals surface area contributed by atoms with E-state index in [0.717, 1.165) is 0 Å². The van der Waals surface area contributed by atoms with Crippen molar-refractivity contribution in [2.45, 2.75) is 6.43 Å². The van der Waals surface area contributed by atoms with Crippen molar-refractivity contribution in [3.05, 3.63) is 30.2 Å². The summed E-state index contributed by atoms with van der Waals surface area (Å²) in [6, 6.07) is 6.61. The first-order chi connectivity index (χ1) is 7.16. The lowest BCUT2D eigenvalue weighted by Gasteiger charge is -1.95. The normalized spacial score (nSPS) is 10.9. The van der Waals surface area contributed by atoms with Crippen molar-refractivity contribution in [3.8, 4) is 11.4 Å². The number of alkyl halides is 2. The summed E-state index contributed by atoms with van der Waals surface area (Å²) in [6.07, 6.45) is -2.76. The molecule has 0 unspecified atom stereocenters. The van der Waals surface area contributed by atoms with Crippen molar-refractivity contribution in [3.63, 3.8) is 0 Å². The van der Waals surface area contributed by atoms with E-state index >= 15 is 0 Å². The van der Waals surface area contributed by atoms with E-state index < -0.39 is 12.3 Å². The Bertz CT molecular complexity index is 470. The van der Waals surface area contributed by atoms with Crippen LogP contribution in [0.4, 0.5) is 14.5 Å². The van der Waals surface area contributed by atoms with E-state index in [2.05, 4.69) is 14.7 Å². The van der Waals surface area contributed by atoms with Gasteiger partial charge in [0.15, 0.2) is 0 Å². The van der Waals surface area contributed by atoms with Gasteiger partial charge in [0.2, 0.25) is 5.82 Å². The van der Waals surface area contributed by atoms with Crippen molar-refractivity contribution >= 4 is 5.69 Å². The number of hydrogen-bond donors (Lipinski definition) is 1. The van der Waals surface area contributed by atoms with Crippen LogP contribution in [0, 0.1) is 0 Å². The smallest absolute Gasteiger partial charge is 0.315 e. The van der Waals surface area contributed by atoms with Crippen LogP contribution >= 0.6 is 0 Å². The van der Waals surface area contributed by atoms with E-state index in [1.807, 2.05) is 0 Å². The Labute approximate surface area is 83.7 Å². The van der Waals surface area contributed by atoms with E-state index in [1.165, 1.54) is 0 Å². The number of aromatic nitrogens is 2. The molecule has 0 amide bonds. The summed E-state index contributed by atoms with van der Waals surface area (Å²) in [5.74, 6) is -0.579. The van der Waals surface area contributed by atoms with E-state index in [4.69, 9.17) is 5.73 Å². The number of rotatable bonds is 2. The van der Waals surface area contributed by atoms with Crippen LogP contribution in [0.5, 0.6) is 0 Å². The number of anilines is 1. The van der Waals surface area contributed by atoms with Gasteiger partial charge >= 0.3 is 6.43 Å². The molecule has 6 heteroatoms. The summed E-state index contributed by atoms with van der Waals surface area (Å²) in [7, 11) is 0. The highest BCUT2D eigenvalue weighted by atomic mass is 19.3. The first kappa shape index (κ1) is 9.57. The van der Waals surface area contributed by atoms with Gasteiger partial charge in [-0.25, -0.2) is 0 Å². The highest BCUT2D eigenvalue weighted by Gasteiger charge is 2.16. The zero-order chi connectivity index (χ0) is 10.8. The molecular formula is C9H7F2N3O. The third-order valence-corrected chi connectivity index (χ3v) is 1.77. The molecule has 0 fully saturated rings. The Morgan fingerprint density at radius 3 is 2.73 bits per heavy atom. The molecule has 1 aromatic heterocycles. The van der Waals surface area contributed by atoms with Gasteiger partial charge in [-0.15, -0.1) is 0 Å². The molecule has 0 spiro atoms. The summed E-state index contributed by atoms with van der Waals surface area (Å²) >= 11 is 0. The first-order valence-corrected chi connectivity index (χ1v) is 4.14. The lowest BCUT2D eigenvalue weighted by Crippen LogP contribution is -1.87. The van der Waals surface area contributed by atoms with Crippen LogP contribution in [0.25, 0.3) is 11.4 Å². The highest BCUT2D eigenvalue weighted by Crippen LogP contribution is 2.22. The SMILES string of the molecule is Nc1cccc(-c2noc(C(F)F)n2)c1. The minimum atomic E-state index is -2.76. The van der Waals surface area contributed by atoms with Gasteiger partial charge in [-0.05, 0) is 12.1 Å². The summed E-state index contributed by atoms with van der Waals surface area (Å²) in [5.41, 5.74) is 6.59. The molecule has 0 aliphatic heterocycles. The highest BCUT2D eigenvalue weighted by molar-refractivity contribution is 5.60. The molecule has 0 saturated heterocycles. The average molecular weight is 211 g/mol. The summed E-state index contributed by atoms with van der Waals surface area (Å²) in [6.45, 7) is 0. The molecule has 1 heterocycles. The maximum Gasteiger partial charge on any atom is 0.315 e. The average Bonchev–Trinajstić information content (AvgIpc) is 2.66. The summed E-state index contributed by atoms with van der Waals surface area (Å²) in [4.78, 5) is 3.54. The molecule has 2 N–H and O–H groups in total. The lowest BCUT2D eigenvalue weighted by molar-refractivity contribution is 0.106. The molecule has 0 radical (unpaired) electrons. The fourth-order valence-electron chi connectivity index (χ4n) is 1.12. The molecule has 2 rings (SSSR count). The summed E-state index contributed by atoms with van der Waals surface area (Å²) in [5, 5.41) is 3.43. The van der Waals surface area contributed by atoms with Gasteiger partial charge in [-0.2, -0.15) is 13.8 Å². The third kappa shape index (κ3) is 1.93. The lowest BCUT2D eigenvalue weighted by atomic mass is 10.2. The molecule has 0 aliphatic rings. The van der Waals surface area contributed by atoms with Gasteiger partial charge in [0.05, 0.1) is 0 Å². The van der Waals surface area contributed by atoms with Gasteiger partial charge in [-0.3, -0.25) is 0 Å². The fourth-order valence-corrected chi connectivity index (χ4v) is 1.12. The van der Waals surface area contributed by atoms with Crippen molar-refractivity contribution in [2.24, 2.45) is 0 Å². The van der Waals surface area contributed by atoms with Gasteiger partial charge in [0, 0.05) is 11.3 Å². The molecular weight excluding hydrogens is 204 g/mol. The third-order valence-electron chi connectivity index (χ3n) is 1.77. The van der Waals surface area contributed by atoms with E-state index in [0.29, 0.717) is 11.3 Å². The zero-order valence-electron chi connectivity index (χ0n) is 7.52. The second-order valence-electron chi connectivity index (χ2n) is 2.88. The van der Waals surface area contributed by atoms with Gasteiger partial charge in [0.1, 0.15) is 0 Å². The van der Waals surface area contributed by atoms with Crippen molar-refractivity contribution < 1.29 is 13.3 Å². The monoisotopic (exact) mass is 211 g/mol. The Morgan fingerprint density at radius 1 is 1.33 bits per heavy atom. The van der Waals surface area contributed by atoms with Crippen LogP contribution < -0.4 is 5.73 Å². The maximum absolute atomic E-state index is 12.2. The molecule has 78 valence electrons. The van der Waals surface area contributed by atoms with Gasteiger partial charge < -0.3 is 10.3 Å². The van der Waals surface area contributed by atoms with Crippen LogP contribution in [-0.2, 0) is 0 Å². The second-order valence-corrected chi connectivity index (χ2v) is 2.88. The van der Waals surface area contributed by atoms with Crippen molar-refractivity contribution in [1.29, 1.82) is 0 Å². The van der Waals surface area contributed by atoms with Crippen LogP contribution in [0.15, 0.2) is 28.8 Å². The predicted molar refractivity (Wildman–Crippen MR) is 49.1 cm³/mol. The number of nitrogens with two attached hydrogens (primary N) is 1. The van der Waals surface area contributed by atoms with Crippen LogP contribution in [-0.4, -0.2) is 10.1 Å². The second kappa shape index (κ2) is 3.64.